The van der Waals surface area contributed by atoms with Crippen LogP contribution in [0.1, 0.15) is 113 Å². The molecule has 1 nitrogen and oxygen atoms in total. The van der Waals surface area contributed by atoms with E-state index < -0.39 is 5.41 Å². The molecule has 0 aromatic heterocycles. The van der Waals surface area contributed by atoms with Crippen molar-refractivity contribution in [2.45, 2.75) is 95.8 Å². The second kappa shape index (κ2) is 17.7. The first-order valence-corrected chi connectivity index (χ1v) is 31.4. The molecule has 2 spiro atoms. The summed E-state index contributed by atoms with van der Waals surface area (Å²) in [5.41, 5.74) is 28.1. The third-order valence-corrected chi connectivity index (χ3v) is 22.5. The van der Waals surface area contributed by atoms with Crippen LogP contribution in [0.25, 0.3) is 66.4 Å². The zero-order chi connectivity index (χ0) is 56.6. The van der Waals surface area contributed by atoms with Crippen molar-refractivity contribution in [3.05, 3.63) is 281 Å². The number of rotatable bonds is 8. The molecule has 10 aromatic rings. The highest BCUT2D eigenvalue weighted by Crippen LogP contribution is 2.95. The topological polar surface area (TPSA) is 3.24 Å². The van der Waals surface area contributed by atoms with Gasteiger partial charge in [0.25, 0.3) is 0 Å². The second-order valence-electron chi connectivity index (χ2n) is 28.4. The minimum Gasteiger partial charge on any atom is -0.309 e. The Morgan fingerprint density at radius 1 is 0.440 bits per heavy atom. The molecule has 0 N–H and O–H groups in total. The fourth-order valence-corrected chi connectivity index (χ4v) is 19.0. The van der Waals surface area contributed by atoms with Crippen LogP contribution in [0.5, 0.6) is 0 Å². The quantitative estimate of drug-likeness (QED) is 0.147. The Kier molecular flexibility index (Phi) is 10.6. The zero-order valence-electron chi connectivity index (χ0n) is 49.7. The molecule has 17 rings (SSSR count). The summed E-state index contributed by atoms with van der Waals surface area (Å²) in [6, 6.07) is 85.4. The molecule has 0 heterocycles. The number of nitrogens with zero attached hydrogens (tertiary/aromatic N) is 1. The van der Waals surface area contributed by atoms with Gasteiger partial charge in [-0.15, -0.1) is 0 Å². The second-order valence-corrected chi connectivity index (χ2v) is 28.4. The van der Waals surface area contributed by atoms with Gasteiger partial charge >= 0.3 is 0 Å². The van der Waals surface area contributed by atoms with Gasteiger partial charge in [0, 0.05) is 22.2 Å². The molecule has 6 atom stereocenters. The highest BCUT2D eigenvalue weighted by molar-refractivity contribution is 6.10. The summed E-state index contributed by atoms with van der Waals surface area (Å²) in [5.74, 6) is 3.73. The summed E-state index contributed by atoms with van der Waals surface area (Å²) in [6.07, 6.45) is 12.3. The number of benzene rings is 10. The zero-order valence-corrected chi connectivity index (χ0v) is 49.7. The lowest BCUT2D eigenvalue weighted by atomic mass is 9.11. The van der Waals surface area contributed by atoms with E-state index >= 15 is 0 Å². The number of allylic oxidation sites excluding steroid dienone is 4. The van der Waals surface area contributed by atoms with Crippen LogP contribution in [-0.4, -0.2) is 0 Å². The van der Waals surface area contributed by atoms with E-state index in [-0.39, 0.29) is 16.2 Å². The largest absolute Gasteiger partial charge is 0.309 e. The maximum Gasteiger partial charge on any atom is 0.0676 e. The predicted molar refractivity (Wildman–Crippen MR) is 352 cm³/mol. The van der Waals surface area contributed by atoms with E-state index in [0.29, 0.717) is 11.3 Å². The fourth-order valence-electron chi connectivity index (χ4n) is 19.0. The van der Waals surface area contributed by atoms with Crippen LogP contribution < -0.4 is 4.90 Å². The lowest BCUT2D eigenvalue weighted by Crippen LogP contribution is -2.88. The maximum atomic E-state index is 2.70. The Hall–Kier alpha value is -8.26. The summed E-state index contributed by atoms with van der Waals surface area (Å²) < 4.78 is 0. The highest BCUT2D eigenvalue weighted by atomic mass is 15.1. The first kappa shape index (κ1) is 50.3. The molecular weight excluding hydrogens is 1010 g/mol. The van der Waals surface area contributed by atoms with Gasteiger partial charge in [0.2, 0.25) is 0 Å². The standard InChI is InChI=1S/C83H73N/c1-51-23-19-28-55(43-51)81(54-26-9-8-10-27-54)70-37-16-12-32-68(70)78-67(35-22-38-71(78)81)65-31-14-18-40-74(65)84(60-41-42-63-62-29-11-15-36-69(62)83(72(63)50-60)75-48-58-47-59-49-76(83)82(58,59)75)73-39-17-13-30-64(73)66-34-21-25-52-24-20-33-61(77(52)66)53-44-56(79(2,3)4)46-57(45-53)80(5,6)7/h8-42,44-46,50-51,58-59,75-76H,43,47-49H2,1-7H3. The van der Waals surface area contributed by atoms with Crippen LogP contribution in [0.15, 0.2) is 242 Å². The third-order valence-electron chi connectivity index (χ3n) is 22.5. The molecular formula is C83H73N. The van der Waals surface area contributed by atoms with Gasteiger partial charge in [-0.2, -0.15) is 0 Å². The van der Waals surface area contributed by atoms with Crippen LogP contribution >= 0.6 is 0 Å². The van der Waals surface area contributed by atoms with Crippen molar-refractivity contribution in [2.75, 3.05) is 4.90 Å². The molecule has 6 unspecified atom stereocenters. The van der Waals surface area contributed by atoms with E-state index in [0.717, 1.165) is 30.1 Å². The Labute approximate surface area is 497 Å². The fraction of sp³-hybridized carbons (Fsp3) is 0.253. The van der Waals surface area contributed by atoms with Gasteiger partial charge in [0.05, 0.1) is 16.8 Å². The monoisotopic (exact) mass is 1080 g/mol. The van der Waals surface area contributed by atoms with Gasteiger partial charge in [0.1, 0.15) is 0 Å². The summed E-state index contributed by atoms with van der Waals surface area (Å²) in [6.45, 7) is 16.5. The van der Waals surface area contributed by atoms with Crippen LogP contribution in [0.2, 0.25) is 0 Å². The first-order valence-electron chi connectivity index (χ1n) is 31.4. The van der Waals surface area contributed by atoms with Crippen LogP contribution in [0, 0.1) is 35.0 Å². The van der Waals surface area contributed by atoms with Crippen LogP contribution in [-0.2, 0) is 21.7 Å². The van der Waals surface area contributed by atoms with Crippen LogP contribution in [0.4, 0.5) is 17.1 Å². The van der Waals surface area contributed by atoms with Gasteiger partial charge in [-0.3, -0.25) is 0 Å². The van der Waals surface area contributed by atoms with Gasteiger partial charge in [-0.1, -0.05) is 266 Å². The van der Waals surface area contributed by atoms with Gasteiger partial charge < -0.3 is 4.90 Å². The number of fused-ring (bicyclic) bond motifs is 11. The molecule has 0 radical (unpaired) electrons. The first-order chi connectivity index (χ1) is 40.8. The van der Waals surface area contributed by atoms with Crippen LogP contribution in [0.3, 0.4) is 0 Å². The lowest BCUT2D eigenvalue weighted by molar-refractivity contribution is -0.412. The summed E-state index contributed by atoms with van der Waals surface area (Å²) >= 11 is 0. The lowest BCUT2D eigenvalue weighted by Gasteiger charge is -2.92. The van der Waals surface area contributed by atoms with E-state index in [1.807, 2.05) is 0 Å². The smallest absolute Gasteiger partial charge is 0.0676 e. The van der Waals surface area contributed by atoms with Crippen molar-refractivity contribution in [3.8, 4) is 55.6 Å². The average molecular weight is 1080 g/mol. The average Bonchev–Trinajstić information content (AvgIpc) is 0.968. The Balaban J connectivity index is 0.924. The van der Waals surface area contributed by atoms with Crippen molar-refractivity contribution >= 4 is 27.8 Å². The molecule has 0 bridgehead atoms. The molecule has 4 saturated carbocycles. The Morgan fingerprint density at radius 2 is 0.988 bits per heavy atom. The number of anilines is 3. The van der Waals surface area contributed by atoms with Gasteiger partial charge in [0.15, 0.2) is 0 Å². The third kappa shape index (κ3) is 6.51. The van der Waals surface area contributed by atoms with Crippen molar-refractivity contribution in [3.63, 3.8) is 0 Å². The minimum atomic E-state index is -0.458. The van der Waals surface area contributed by atoms with E-state index in [4.69, 9.17) is 0 Å². The Morgan fingerprint density at radius 3 is 1.65 bits per heavy atom. The minimum absolute atomic E-state index is 0.0224. The van der Waals surface area contributed by atoms with E-state index in [2.05, 4.69) is 290 Å². The molecule has 84 heavy (non-hydrogen) atoms. The van der Waals surface area contributed by atoms with E-state index in [1.165, 1.54) is 136 Å². The molecule has 0 aliphatic heterocycles. The molecule has 7 aliphatic carbocycles. The van der Waals surface area contributed by atoms with Crippen molar-refractivity contribution in [2.24, 2.45) is 35.0 Å². The molecule has 7 aliphatic rings. The summed E-state index contributed by atoms with van der Waals surface area (Å²) in [5, 5.41) is 2.53. The normalized spacial score (nSPS) is 25.2. The molecule has 4 fully saturated rings. The number of para-hydroxylation sites is 2. The Bertz CT molecular complexity index is 4410. The molecule has 10 aromatic carbocycles. The summed E-state index contributed by atoms with van der Waals surface area (Å²) in [4.78, 5) is 2.69. The summed E-state index contributed by atoms with van der Waals surface area (Å²) in [7, 11) is 0. The van der Waals surface area contributed by atoms with Crippen molar-refractivity contribution < 1.29 is 0 Å². The molecule has 1 heteroatoms. The van der Waals surface area contributed by atoms with Crippen molar-refractivity contribution in [1.82, 2.24) is 0 Å². The number of hydrogen-bond donors (Lipinski definition) is 0. The van der Waals surface area contributed by atoms with Crippen molar-refractivity contribution in [1.29, 1.82) is 0 Å². The highest BCUT2D eigenvalue weighted by Gasteiger charge is 2.90. The van der Waals surface area contributed by atoms with E-state index in [1.54, 1.807) is 11.1 Å². The van der Waals surface area contributed by atoms with Gasteiger partial charge in [-0.25, -0.2) is 0 Å². The number of hydrogen-bond acceptors (Lipinski definition) is 1. The predicted octanol–water partition coefficient (Wildman–Crippen LogP) is 21.7. The molecule has 410 valence electrons. The van der Waals surface area contributed by atoms with E-state index in [9.17, 15) is 0 Å². The SMILES string of the molecule is CC1C=CC=C(C2(c3ccccc3)c3ccccc3-c3c(-c4ccccc4N(c4ccc5c(c4)C4(c6ccccc6-5)C5CC6CC7CC4C675)c4ccccc4-c4cccc5cccc(-c6cc(C(C)(C)C)cc(C(C)(C)C)c6)c45)cccc32)C1. The molecule has 0 amide bonds. The molecule has 0 saturated heterocycles. The van der Waals surface area contributed by atoms with Gasteiger partial charge in [-0.05, 0) is 190 Å². The maximum absolute atomic E-state index is 2.70.